The minimum atomic E-state index is -0.708. The van der Waals surface area contributed by atoms with Gasteiger partial charge in [0.05, 0.1) is 4.47 Å². The number of aryl methyl sites for hydroxylation is 1. The Morgan fingerprint density at radius 3 is 2.58 bits per heavy atom. The van der Waals surface area contributed by atoms with Crippen LogP contribution in [0.5, 0.6) is 5.75 Å². The van der Waals surface area contributed by atoms with Crippen LogP contribution < -0.4 is 15.4 Å². The van der Waals surface area contributed by atoms with Crippen molar-refractivity contribution in [1.29, 1.82) is 0 Å². The summed E-state index contributed by atoms with van der Waals surface area (Å²) in [5, 5.41) is 4.64. The number of urea groups is 1. The van der Waals surface area contributed by atoms with Gasteiger partial charge >= 0.3 is 12.0 Å². The predicted octanol–water partition coefficient (Wildman–Crippen LogP) is 2.30. The molecule has 0 aliphatic carbocycles. The summed E-state index contributed by atoms with van der Waals surface area (Å²) >= 11 is 3.33. The van der Waals surface area contributed by atoms with Crippen molar-refractivity contribution in [2.45, 2.75) is 33.2 Å². The van der Waals surface area contributed by atoms with E-state index in [0.717, 1.165) is 16.5 Å². The second-order valence-corrected chi connectivity index (χ2v) is 6.07. The number of benzene rings is 1. The lowest BCUT2D eigenvalue weighted by molar-refractivity contribution is -0.150. The Balaban J connectivity index is 2.30. The molecule has 0 aliphatic rings. The zero-order valence-electron chi connectivity index (χ0n) is 13.8. The number of imide groups is 1. The molecule has 1 aromatic carbocycles. The molecule has 0 spiro atoms. The van der Waals surface area contributed by atoms with E-state index in [0.29, 0.717) is 5.75 Å². The van der Waals surface area contributed by atoms with Crippen molar-refractivity contribution in [3.8, 4) is 5.75 Å². The largest absolute Gasteiger partial charge is 0.481 e. The highest BCUT2D eigenvalue weighted by Crippen LogP contribution is 2.25. The van der Waals surface area contributed by atoms with Crippen LogP contribution in [0.1, 0.15) is 25.8 Å². The fraction of sp³-hybridized carbons (Fsp3) is 0.438. The third-order valence-corrected chi connectivity index (χ3v) is 3.66. The fourth-order valence-electron chi connectivity index (χ4n) is 1.57. The van der Waals surface area contributed by atoms with E-state index in [-0.39, 0.29) is 12.6 Å². The minimum Gasteiger partial charge on any atom is -0.481 e. The molecule has 0 saturated heterocycles. The van der Waals surface area contributed by atoms with E-state index in [1.165, 1.54) is 0 Å². The first-order chi connectivity index (χ1) is 11.3. The van der Waals surface area contributed by atoms with Gasteiger partial charge in [-0.2, -0.15) is 0 Å². The summed E-state index contributed by atoms with van der Waals surface area (Å²) in [7, 11) is 0. The van der Waals surface area contributed by atoms with E-state index in [9.17, 15) is 14.4 Å². The van der Waals surface area contributed by atoms with Crippen LogP contribution >= 0.6 is 15.9 Å². The van der Waals surface area contributed by atoms with Gasteiger partial charge in [-0.05, 0) is 53.9 Å². The average molecular weight is 401 g/mol. The zero-order valence-corrected chi connectivity index (χ0v) is 15.4. The lowest BCUT2D eigenvalue weighted by Crippen LogP contribution is -2.44. The smallest absolute Gasteiger partial charge is 0.344 e. The van der Waals surface area contributed by atoms with Gasteiger partial charge in [0, 0.05) is 6.04 Å². The van der Waals surface area contributed by atoms with Crippen LogP contribution in [0.4, 0.5) is 4.79 Å². The van der Waals surface area contributed by atoms with Gasteiger partial charge in [-0.1, -0.05) is 13.0 Å². The van der Waals surface area contributed by atoms with E-state index in [4.69, 9.17) is 9.47 Å². The molecule has 0 fully saturated rings. The van der Waals surface area contributed by atoms with Crippen LogP contribution in [0.3, 0.4) is 0 Å². The van der Waals surface area contributed by atoms with E-state index in [1.807, 2.05) is 32.9 Å². The summed E-state index contributed by atoms with van der Waals surface area (Å²) in [4.78, 5) is 34.5. The van der Waals surface area contributed by atoms with Gasteiger partial charge in [0.25, 0.3) is 5.91 Å². The number of nitrogens with one attached hydrogen (secondary N) is 2. The second kappa shape index (κ2) is 9.92. The monoisotopic (exact) mass is 400 g/mol. The Labute approximate surface area is 149 Å². The topological polar surface area (TPSA) is 93.7 Å². The quantitative estimate of drug-likeness (QED) is 0.684. The first-order valence-corrected chi connectivity index (χ1v) is 8.26. The van der Waals surface area contributed by atoms with Gasteiger partial charge in [0.1, 0.15) is 5.75 Å². The normalized spacial score (nSPS) is 11.3. The third-order valence-electron chi connectivity index (χ3n) is 3.04. The number of hydrogen-bond donors (Lipinski definition) is 2. The lowest BCUT2D eigenvalue weighted by atomic mass is 10.2. The number of halogens is 1. The van der Waals surface area contributed by atoms with E-state index in [2.05, 4.69) is 26.6 Å². The maximum Gasteiger partial charge on any atom is 0.344 e. The predicted molar refractivity (Wildman–Crippen MR) is 91.8 cm³/mol. The molecule has 0 heterocycles. The molecule has 3 amide bonds. The van der Waals surface area contributed by atoms with Crippen LogP contribution in [0.15, 0.2) is 22.7 Å². The molecule has 1 aromatic rings. The lowest BCUT2D eigenvalue weighted by Gasteiger charge is -2.12. The summed E-state index contributed by atoms with van der Waals surface area (Å²) in [6, 6.07) is 4.74. The maximum atomic E-state index is 11.6. The van der Waals surface area contributed by atoms with E-state index >= 15 is 0 Å². The van der Waals surface area contributed by atoms with Gasteiger partial charge in [-0.15, -0.1) is 0 Å². The summed E-state index contributed by atoms with van der Waals surface area (Å²) in [6.45, 7) is 4.75. The SMILES string of the molecule is CC[C@@H](C)NC(=O)NC(=O)COC(=O)COc1ccc(C)cc1Br. The van der Waals surface area contributed by atoms with Crippen molar-refractivity contribution >= 4 is 33.8 Å². The minimum absolute atomic E-state index is 0.0540. The van der Waals surface area contributed by atoms with Crippen molar-refractivity contribution in [3.63, 3.8) is 0 Å². The van der Waals surface area contributed by atoms with Gasteiger partial charge in [0.2, 0.25) is 0 Å². The molecule has 132 valence electrons. The average Bonchev–Trinajstić information content (AvgIpc) is 2.51. The van der Waals surface area contributed by atoms with Crippen molar-refractivity contribution in [2.75, 3.05) is 13.2 Å². The molecule has 1 atom stereocenters. The number of ether oxygens (including phenoxy) is 2. The molecule has 0 aliphatic heterocycles. The third kappa shape index (κ3) is 7.45. The molecular formula is C16H21BrN2O5. The Morgan fingerprint density at radius 1 is 1.25 bits per heavy atom. The maximum absolute atomic E-state index is 11.6. The second-order valence-electron chi connectivity index (χ2n) is 5.21. The molecule has 0 saturated carbocycles. The highest BCUT2D eigenvalue weighted by molar-refractivity contribution is 9.10. The molecule has 24 heavy (non-hydrogen) atoms. The Hall–Kier alpha value is -2.09. The molecule has 2 N–H and O–H groups in total. The van der Waals surface area contributed by atoms with Crippen LogP contribution in [0.2, 0.25) is 0 Å². The fourth-order valence-corrected chi connectivity index (χ4v) is 2.18. The Bertz CT molecular complexity index is 606. The molecule has 0 aromatic heterocycles. The zero-order chi connectivity index (χ0) is 18.1. The van der Waals surface area contributed by atoms with Crippen molar-refractivity contribution in [3.05, 3.63) is 28.2 Å². The van der Waals surface area contributed by atoms with Crippen LogP contribution in [-0.2, 0) is 14.3 Å². The molecule has 7 nitrogen and oxygen atoms in total. The Kier molecular flexibility index (Phi) is 8.25. The molecule has 0 unspecified atom stereocenters. The number of amides is 3. The number of esters is 1. The van der Waals surface area contributed by atoms with Crippen LogP contribution in [0, 0.1) is 6.92 Å². The van der Waals surface area contributed by atoms with Crippen molar-refractivity contribution in [1.82, 2.24) is 10.6 Å². The van der Waals surface area contributed by atoms with Gasteiger partial charge in [-0.25, -0.2) is 9.59 Å². The van der Waals surface area contributed by atoms with E-state index < -0.39 is 24.5 Å². The first kappa shape index (κ1) is 20.0. The summed E-state index contributed by atoms with van der Waals surface area (Å²) in [6.07, 6.45) is 0.739. The van der Waals surface area contributed by atoms with Gasteiger partial charge < -0.3 is 14.8 Å². The number of carbonyl (C=O) groups excluding carboxylic acids is 3. The Morgan fingerprint density at radius 2 is 1.96 bits per heavy atom. The number of rotatable bonds is 7. The highest BCUT2D eigenvalue weighted by Gasteiger charge is 2.13. The summed E-state index contributed by atoms with van der Waals surface area (Å²) < 4.78 is 10.8. The van der Waals surface area contributed by atoms with Gasteiger partial charge in [0.15, 0.2) is 13.2 Å². The van der Waals surface area contributed by atoms with Crippen LogP contribution in [-0.4, -0.2) is 37.2 Å². The number of carbonyl (C=O) groups is 3. The van der Waals surface area contributed by atoms with Gasteiger partial charge in [-0.3, -0.25) is 10.1 Å². The summed E-state index contributed by atoms with van der Waals surface area (Å²) in [5.41, 5.74) is 1.05. The van der Waals surface area contributed by atoms with Crippen molar-refractivity contribution < 1.29 is 23.9 Å². The molecular weight excluding hydrogens is 380 g/mol. The highest BCUT2D eigenvalue weighted by atomic mass is 79.9. The summed E-state index contributed by atoms with van der Waals surface area (Å²) in [5.74, 6) is -0.921. The molecule has 8 heteroatoms. The van der Waals surface area contributed by atoms with Crippen LogP contribution in [0.25, 0.3) is 0 Å². The van der Waals surface area contributed by atoms with E-state index in [1.54, 1.807) is 6.07 Å². The molecule has 1 rings (SSSR count). The van der Waals surface area contributed by atoms with Crippen molar-refractivity contribution in [2.24, 2.45) is 0 Å². The standard InChI is InChI=1S/C16H21BrN2O5/c1-4-11(3)18-16(22)19-14(20)8-24-15(21)9-23-13-6-5-10(2)7-12(13)17/h5-7,11H,4,8-9H2,1-3H3,(H2,18,19,20,22)/t11-/m1/s1. The molecule has 0 radical (unpaired) electrons. The molecule has 0 bridgehead atoms. The number of hydrogen-bond acceptors (Lipinski definition) is 5. The first-order valence-electron chi connectivity index (χ1n) is 7.46.